The Hall–Kier alpha value is -2.14. The Labute approximate surface area is 145 Å². The molecule has 0 atom stereocenters. The van der Waals surface area contributed by atoms with Crippen LogP contribution in [0.3, 0.4) is 0 Å². The fourth-order valence-corrected chi connectivity index (χ4v) is 2.98. The van der Waals surface area contributed by atoms with Crippen molar-refractivity contribution in [2.75, 3.05) is 18.4 Å². The van der Waals surface area contributed by atoms with Crippen molar-refractivity contribution in [3.05, 3.63) is 53.1 Å². The second-order valence-corrected chi connectivity index (χ2v) is 6.30. The Morgan fingerprint density at radius 1 is 1.08 bits per heavy atom. The van der Waals surface area contributed by atoms with Crippen molar-refractivity contribution in [2.45, 2.75) is 25.7 Å². The first kappa shape index (κ1) is 16.7. The maximum atomic E-state index is 13.2. The summed E-state index contributed by atoms with van der Waals surface area (Å²) >= 11 is 5.79. The van der Waals surface area contributed by atoms with Crippen LogP contribution in [0.25, 0.3) is 0 Å². The molecule has 1 amide bonds. The molecule has 3 rings (SSSR count). The summed E-state index contributed by atoms with van der Waals surface area (Å²) < 4.78 is 13.2. The van der Waals surface area contributed by atoms with Crippen molar-refractivity contribution < 1.29 is 9.18 Å². The molecule has 2 aromatic rings. The first-order valence-electron chi connectivity index (χ1n) is 8.11. The molecule has 0 saturated carbocycles. The molecule has 4 nitrogen and oxygen atoms in total. The summed E-state index contributed by atoms with van der Waals surface area (Å²) in [5.74, 6) is -0.508. The van der Waals surface area contributed by atoms with Gasteiger partial charge in [0, 0.05) is 30.7 Å². The number of likely N-dealkylation sites (tertiary alicyclic amines) is 1. The van der Waals surface area contributed by atoms with E-state index < -0.39 is 5.82 Å². The van der Waals surface area contributed by atoms with Crippen LogP contribution in [0.2, 0.25) is 5.02 Å². The van der Waals surface area contributed by atoms with E-state index in [1.807, 2.05) is 4.90 Å². The maximum absolute atomic E-state index is 13.2. The van der Waals surface area contributed by atoms with Crippen LogP contribution in [0.1, 0.15) is 36.2 Å². The third-order valence-corrected chi connectivity index (χ3v) is 4.37. The molecule has 0 unspecified atom stereocenters. The standard InChI is InChI=1S/C18H19ClFN3O/c19-15-11-13(5-6-16(15)20)22-14-7-8-21-17(12-14)18(24)23-9-3-1-2-4-10-23/h5-8,11-12H,1-4,9-10H2,(H,21,22). The van der Waals surface area contributed by atoms with Gasteiger partial charge in [0.05, 0.1) is 5.02 Å². The fourth-order valence-electron chi connectivity index (χ4n) is 2.80. The molecule has 6 heteroatoms. The van der Waals surface area contributed by atoms with Crippen molar-refractivity contribution >= 4 is 28.9 Å². The number of anilines is 2. The topological polar surface area (TPSA) is 45.2 Å². The minimum absolute atomic E-state index is 0.0438. The zero-order valence-electron chi connectivity index (χ0n) is 13.3. The first-order valence-corrected chi connectivity index (χ1v) is 8.49. The van der Waals surface area contributed by atoms with Crippen molar-refractivity contribution in [1.82, 2.24) is 9.88 Å². The maximum Gasteiger partial charge on any atom is 0.272 e. The van der Waals surface area contributed by atoms with Gasteiger partial charge in [0.2, 0.25) is 0 Å². The zero-order valence-corrected chi connectivity index (χ0v) is 14.0. The summed E-state index contributed by atoms with van der Waals surface area (Å²) in [6.07, 6.45) is 6.02. The van der Waals surface area contributed by atoms with Crippen molar-refractivity contribution in [3.63, 3.8) is 0 Å². The number of carbonyl (C=O) groups excluding carboxylic acids is 1. The highest BCUT2D eigenvalue weighted by Gasteiger charge is 2.18. The Morgan fingerprint density at radius 2 is 1.79 bits per heavy atom. The average molecular weight is 348 g/mol. The van der Waals surface area contributed by atoms with Gasteiger partial charge in [-0.25, -0.2) is 4.39 Å². The average Bonchev–Trinajstić information content (AvgIpc) is 2.87. The summed E-state index contributed by atoms with van der Waals surface area (Å²) in [7, 11) is 0. The highest BCUT2D eigenvalue weighted by molar-refractivity contribution is 6.31. The first-order chi connectivity index (χ1) is 11.6. The predicted molar refractivity (Wildman–Crippen MR) is 93.3 cm³/mol. The lowest BCUT2D eigenvalue weighted by Gasteiger charge is -2.20. The largest absolute Gasteiger partial charge is 0.355 e. The second-order valence-electron chi connectivity index (χ2n) is 5.89. The Bertz CT molecular complexity index is 730. The van der Waals surface area contributed by atoms with Gasteiger partial charge in [0.15, 0.2) is 0 Å². The van der Waals surface area contributed by atoms with E-state index in [9.17, 15) is 9.18 Å². The second kappa shape index (κ2) is 7.62. The van der Waals surface area contributed by atoms with E-state index in [1.165, 1.54) is 25.0 Å². The molecule has 1 aromatic carbocycles. The summed E-state index contributed by atoms with van der Waals surface area (Å²) in [4.78, 5) is 18.7. The number of aromatic nitrogens is 1. The Kier molecular flexibility index (Phi) is 5.30. The molecule has 126 valence electrons. The molecular formula is C18H19ClFN3O. The number of halogens is 2. The lowest BCUT2D eigenvalue weighted by Crippen LogP contribution is -2.32. The quantitative estimate of drug-likeness (QED) is 0.880. The molecule has 0 bridgehead atoms. The molecule has 24 heavy (non-hydrogen) atoms. The van der Waals surface area contributed by atoms with E-state index in [-0.39, 0.29) is 10.9 Å². The van der Waals surface area contributed by atoms with E-state index in [4.69, 9.17) is 11.6 Å². The van der Waals surface area contributed by atoms with Gasteiger partial charge in [-0.1, -0.05) is 24.4 Å². The molecule has 1 N–H and O–H groups in total. The monoisotopic (exact) mass is 347 g/mol. The van der Waals surface area contributed by atoms with Gasteiger partial charge in [-0.15, -0.1) is 0 Å². The number of hydrogen-bond acceptors (Lipinski definition) is 3. The van der Waals surface area contributed by atoms with Crippen LogP contribution < -0.4 is 5.32 Å². The van der Waals surface area contributed by atoms with Crippen LogP contribution in [0, 0.1) is 5.82 Å². The summed E-state index contributed by atoms with van der Waals surface area (Å²) in [6.45, 7) is 1.57. The van der Waals surface area contributed by atoms with Crippen molar-refractivity contribution in [1.29, 1.82) is 0 Å². The van der Waals surface area contributed by atoms with E-state index in [2.05, 4.69) is 10.3 Å². The number of rotatable bonds is 3. The van der Waals surface area contributed by atoms with Gasteiger partial charge >= 0.3 is 0 Å². The van der Waals surface area contributed by atoms with Crippen LogP contribution in [0.4, 0.5) is 15.8 Å². The van der Waals surface area contributed by atoms with Gasteiger partial charge in [0.25, 0.3) is 5.91 Å². The smallest absolute Gasteiger partial charge is 0.272 e. The molecule has 1 aliphatic rings. The molecule has 1 aliphatic heterocycles. The zero-order chi connectivity index (χ0) is 16.9. The number of hydrogen-bond donors (Lipinski definition) is 1. The highest BCUT2D eigenvalue weighted by Crippen LogP contribution is 2.23. The SMILES string of the molecule is O=C(c1cc(Nc2ccc(F)c(Cl)c2)ccn1)N1CCCCCC1. The number of pyridine rings is 1. The number of carbonyl (C=O) groups is 1. The lowest BCUT2D eigenvalue weighted by molar-refractivity contribution is 0.0756. The lowest BCUT2D eigenvalue weighted by atomic mass is 10.2. The van der Waals surface area contributed by atoms with E-state index >= 15 is 0 Å². The molecule has 1 aromatic heterocycles. The fraction of sp³-hybridized carbons (Fsp3) is 0.333. The van der Waals surface area contributed by atoms with Gasteiger partial charge in [-0.05, 0) is 43.2 Å². The van der Waals surface area contributed by atoms with Crippen molar-refractivity contribution in [3.8, 4) is 0 Å². The summed E-state index contributed by atoms with van der Waals surface area (Å²) in [5.41, 5.74) is 1.78. The molecule has 0 spiro atoms. The number of amides is 1. The molecule has 0 aliphatic carbocycles. The van der Waals surface area contributed by atoms with Gasteiger partial charge in [-0.2, -0.15) is 0 Å². The minimum Gasteiger partial charge on any atom is -0.355 e. The van der Waals surface area contributed by atoms with Crippen LogP contribution in [-0.2, 0) is 0 Å². The number of benzene rings is 1. The molecule has 2 heterocycles. The third kappa shape index (κ3) is 4.03. The Balaban J connectivity index is 1.75. The van der Waals surface area contributed by atoms with Crippen LogP contribution >= 0.6 is 11.6 Å². The summed E-state index contributed by atoms with van der Waals surface area (Å²) in [6, 6.07) is 7.88. The number of nitrogens with one attached hydrogen (secondary N) is 1. The third-order valence-electron chi connectivity index (χ3n) is 4.08. The van der Waals surface area contributed by atoms with Crippen LogP contribution in [0.5, 0.6) is 0 Å². The summed E-state index contributed by atoms with van der Waals surface area (Å²) in [5, 5.41) is 3.17. The van der Waals surface area contributed by atoms with Crippen molar-refractivity contribution in [2.24, 2.45) is 0 Å². The predicted octanol–water partition coefficient (Wildman–Crippen LogP) is 4.63. The minimum atomic E-state index is -0.464. The van der Waals surface area contributed by atoms with Crippen LogP contribution in [-0.4, -0.2) is 28.9 Å². The van der Waals surface area contributed by atoms with Crippen LogP contribution in [0.15, 0.2) is 36.5 Å². The molecule has 1 saturated heterocycles. The molecule has 1 fully saturated rings. The number of nitrogens with zero attached hydrogens (tertiary/aromatic N) is 2. The molecule has 0 radical (unpaired) electrons. The Morgan fingerprint density at radius 3 is 2.50 bits per heavy atom. The van der Waals surface area contributed by atoms with Gasteiger partial charge in [-0.3, -0.25) is 9.78 Å². The van der Waals surface area contributed by atoms with E-state index in [0.717, 1.165) is 25.9 Å². The van der Waals surface area contributed by atoms with Gasteiger partial charge < -0.3 is 10.2 Å². The highest BCUT2D eigenvalue weighted by atomic mass is 35.5. The van der Waals surface area contributed by atoms with Gasteiger partial charge in [0.1, 0.15) is 11.5 Å². The molecular weight excluding hydrogens is 329 g/mol. The normalized spacial score (nSPS) is 15.0. The van der Waals surface area contributed by atoms with E-state index in [1.54, 1.807) is 24.4 Å². The van der Waals surface area contributed by atoms with E-state index in [0.29, 0.717) is 17.1 Å².